The van der Waals surface area contributed by atoms with Crippen LogP contribution >= 0.6 is 0 Å². The average molecular weight is 222 g/mol. The van der Waals surface area contributed by atoms with Gasteiger partial charge in [0.1, 0.15) is 0 Å². The number of hydrogen-bond acceptors (Lipinski definition) is 2. The van der Waals surface area contributed by atoms with Crippen LogP contribution in [0.1, 0.15) is 34.1 Å². The molecule has 0 N–H and O–H groups in total. The van der Waals surface area contributed by atoms with Crippen LogP contribution in [0.3, 0.4) is 0 Å². The molecule has 0 aromatic rings. The van der Waals surface area contributed by atoms with Crippen LogP contribution in [0.5, 0.6) is 0 Å². The number of hydrogen-bond donors (Lipinski definition) is 0. The second-order valence-electron chi connectivity index (χ2n) is 5.55. The highest BCUT2D eigenvalue weighted by Gasteiger charge is 2.40. The fraction of sp³-hybridized carbons (Fsp3) is 0.714. The maximum atomic E-state index is 5.90. The molecule has 1 heterocycles. The quantitative estimate of drug-likeness (QED) is 0.634. The average Bonchev–Trinajstić information content (AvgIpc) is 2.19. The van der Waals surface area contributed by atoms with E-state index in [-0.39, 0.29) is 23.9 Å². The Labute approximate surface area is 98.3 Å². The molecule has 1 aliphatic carbocycles. The Morgan fingerprint density at radius 1 is 1.31 bits per heavy atom. The van der Waals surface area contributed by atoms with Gasteiger partial charge in [0.05, 0.1) is 12.2 Å². The molecule has 4 unspecified atom stereocenters. The van der Waals surface area contributed by atoms with Crippen LogP contribution in [0.4, 0.5) is 0 Å². The van der Waals surface area contributed by atoms with E-state index in [4.69, 9.17) is 9.47 Å². The van der Waals surface area contributed by atoms with Crippen molar-refractivity contribution in [2.24, 2.45) is 11.3 Å². The van der Waals surface area contributed by atoms with Gasteiger partial charge in [-0.3, -0.25) is 0 Å². The van der Waals surface area contributed by atoms with Gasteiger partial charge in [-0.05, 0) is 31.8 Å². The van der Waals surface area contributed by atoms with E-state index >= 15 is 0 Å². The zero-order chi connectivity index (χ0) is 11.8. The van der Waals surface area contributed by atoms with Crippen LogP contribution < -0.4 is 0 Å². The van der Waals surface area contributed by atoms with Gasteiger partial charge in [0.2, 0.25) is 0 Å². The van der Waals surface area contributed by atoms with Crippen molar-refractivity contribution in [2.45, 2.75) is 52.6 Å². The standard InChI is InChI=1S/C14H22O2/c1-5-6-13-15-10(2)11-9-14(3,4)8-7-12(11)16-13/h5-8,10-13H,9H2,1-4H3. The molecule has 0 bridgehead atoms. The first-order valence-corrected chi connectivity index (χ1v) is 6.15. The van der Waals surface area contributed by atoms with Crippen LogP contribution in [0, 0.1) is 11.3 Å². The molecule has 0 amide bonds. The number of ether oxygens (including phenoxy) is 2. The van der Waals surface area contributed by atoms with Crippen molar-refractivity contribution in [2.75, 3.05) is 0 Å². The minimum atomic E-state index is -0.174. The Balaban J connectivity index is 2.13. The normalized spacial score (nSPS) is 42.2. The minimum Gasteiger partial charge on any atom is -0.346 e. The van der Waals surface area contributed by atoms with E-state index < -0.39 is 0 Å². The molecule has 90 valence electrons. The molecule has 1 fully saturated rings. The summed E-state index contributed by atoms with van der Waals surface area (Å²) in [5.74, 6) is 0.488. The van der Waals surface area contributed by atoms with E-state index in [1.165, 1.54) is 0 Å². The van der Waals surface area contributed by atoms with E-state index in [1.54, 1.807) is 0 Å². The summed E-state index contributed by atoms with van der Waals surface area (Å²) >= 11 is 0. The van der Waals surface area contributed by atoms with Gasteiger partial charge in [0.25, 0.3) is 0 Å². The minimum absolute atomic E-state index is 0.174. The summed E-state index contributed by atoms with van der Waals surface area (Å²) in [6.07, 6.45) is 9.89. The van der Waals surface area contributed by atoms with Gasteiger partial charge in [0.15, 0.2) is 6.29 Å². The van der Waals surface area contributed by atoms with Crippen molar-refractivity contribution >= 4 is 0 Å². The summed E-state index contributed by atoms with van der Waals surface area (Å²) in [6.45, 7) is 8.68. The van der Waals surface area contributed by atoms with Crippen molar-refractivity contribution in [1.82, 2.24) is 0 Å². The van der Waals surface area contributed by atoms with Crippen LogP contribution in [0.15, 0.2) is 24.3 Å². The molecule has 1 aliphatic heterocycles. The molecule has 2 heteroatoms. The molecule has 0 saturated carbocycles. The smallest absolute Gasteiger partial charge is 0.177 e. The SMILES string of the molecule is CC=CC1OC(C)C2CC(C)(C)C=CC2O1. The van der Waals surface area contributed by atoms with Crippen molar-refractivity contribution < 1.29 is 9.47 Å². The molecule has 1 saturated heterocycles. The first-order chi connectivity index (χ1) is 7.52. The highest BCUT2D eigenvalue weighted by molar-refractivity contribution is 5.09. The first kappa shape index (κ1) is 11.9. The monoisotopic (exact) mass is 222 g/mol. The Morgan fingerprint density at radius 2 is 2.06 bits per heavy atom. The molecule has 4 atom stereocenters. The van der Waals surface area contributed by atoms with Crippen molar-refractivity contribution in [3.05, 3.63) is 24.3 Å². The maximum absolute atomic E-state index is 5.90. The van der Waals surface area contributed by atoms with Gasteiger partial charge in [-0.1, -0.05) is 32.1 Å². The molecule has 2 nitrogen and oxygen atoms in total. The highest BCUT2D eigenvalue weighted by Crippen LogP contribution is 2.40. The highest BCUT2D eigenvalue weighted by atomic mass is 16.7. The van der Waals surface area contributed by atoms with E-state index in [1.807, 2.05) is 19.1 Å². The number of rotatable bonds is 1. The largest absolute Gasteiger partial charge is 0.346 e. The number of fused-ring (bicyclic) bond motifs is 1. The van der Waals surface area contributed by atoms with Crippen molar-refractivity contribution in [3.8, 4) is 0 Å². The molecule has 2 rings (SSSR count). The lowest BCUT2D eigenvalue weighted by molar-refractivity contribution is -0.236. The predicted octanol–water partition coefficient (Wildman–Crippen LogP) is 3.29. The molecule has 0 spiro atoms. The molecule has 0 radical (unpaired) electrons. The van der Waals surface area contributed by atoms with E-state index in [2.05, 4.69) is 32.9 Å². The van der Waals surface area contributed by atoms with Crippen molar-refractivity contribution in [3.63, 3.8) is 0 Å². The molecule has 16 heavy (non-hydrogen) atoms. The van der Waals surface area contributed by atoms with E-state index in [0.717, 1.165) is 6.42 Å². The third-order valence-electron chi connectivity index (χ3n) is 3.51. The fourth-order valence-electron chi connectivity index (χ4n) is 2.62. The topological polar surface area (TPSA) is 18.5 Å². The van der Waals surface area contributed by atoms with E-state index in [9.17, 15) is 0 Å². The maximum Gasteiger partial charge on any atom is 0.177 e. The fourth-order valence-corrected chi connectivity index (χ4v) is 2.62. The number of allylic oxidation sites excluding steroid dienone is 2. The molecular weight excluding hydrogens is 200 g/mol. The summed E-state index contributed by atoms with van der Waals surface area (Å²) in [4.78, 5) is 0. The van der Waals surface area contributed by atoms with Gasteiger partial charge < -0.3 is 9.47 Å². The van der Waals surface area contributed by atoms with Gasteiger partial charge in [-0.25, -0.2) is 0 Å². The van der Waals surface area contributed by atoms with Gasteiger partial charge >= 0.3 is 0 Å². The summed E-state index contributed by atoms with van der Waals surface area (Å²) in [5.41, 5.74) is 0.273. The summed E-state index contributed by atoms with van der Waals surface area (Å²) in [6, 6.07) is 0. The van der Waals surface area contributed by atoms with Gasteiger partial charge in [0, 0.05) is 5.92 Å². The molecule has 0 aromatic carbocycles. The van der Waals surface area contributed by atoms with Crippen molar-refractivity contribution in [1.29, 1.82) is 0 Å². The Kier molecular flexibility index (Phi) is 3.22. The lowest BCUT2D eigenvalue weighted by atomic mass is 9.73. The summed E-state index contributed by atoms with van der Waals surface area (Å²) in [7, 11) is 0. The third kappa shape index (κ3) is 2.38. The van der Waals surface area contributed by atoms with Crippen LogP contribution in [-0.4, -0.2) is 18.5 Å². The molecular formula is C14H22O2. The Morgan fingerprint density at radius 3 is 2.75 bits per heavy atom. The lowest BCUT2D eigenvalue weighted by Crippen LogP contribution is -2.46. The van der Waals surface area contributed by atoms with E-state index in [0.29, 0.717) is 5.92 Å². The summed E-state index contributed by atoms with van der Waals surface area (Å²) < 4.78 is 11.7. The molecule has 2 aliphatic rings. The predicted molar refractivity (Wildman–Crippen MR) is 65.1 cm³/mol. The first-order valence-electron chi connectivity index (χ1n) is 6.15. The zero-order valence-electron chi connectivity index (χ0n) is 10.6. The third-order valence-corrected chi connectivity index (χ3v) is 3.51. The van der Waals surface area contributed by atoms with Crippen LogP contribution in [-0.2, 0) is 9.47 Å². The zero-order valence-corrected chi connectivity index (χ0v) is 10.6. The second-order valence-corrected chi connectivity index (χ2v) is 5.55. The molecule has 0 aromatic heterocycles. The lowest BCUT2D eigenvalue weighted by Gasteiger charge is -2.44. The Hall–Kier alpha value is -0.600. The Bertz CT molecular complexity index is 304. The van der Waals surface area contributed by atoms with Gasteiger partial charge in [-0.15, -0.1) is 0 Å². The summed E-state index contributed by atoms with van der Waals surface area (Å²) in [5, 5.41) is 0. The van der Waals surface area contributed by atoms with Gasteiger partial charge in [-0.2, -0.15) is 0 Å². The van der Waals surface area contributed by atoms with Crippen LogP contribution in [0.25, 0.3) is 0 Å². The van der Waals surface area contributed by atoms with Crippen LogP contribution in [0.2, 0.25) is 0 Å². The second kappa shape index (κ2) is 4.34.